The van der Waals surface area contributed by atoms with Crippen LogP contribution in [-0.2, 0) is 5.41 Å². The molecule has 3 rings (SSSR count). The summed E-state index contributed by atoms with van der Waals surface area (Å²) in [7, 11) is 0. The van der Waals surface area contributed by atoms with Gasteiger partial charge < -0.3 is 10.5 Å². The number of ether oxygens (including phenoxy) is 1. The molecule has 1 aromatic carbocycles. The standard InChI is InChI=1S/C15H16N2O/c1-15(2)9-18-13-6-5-10(8-11(13)15)14-12(16)4-3-7-17-14/h3-8H,9,16H2,1-2H3. The number of rotatable bonds is 1. The van der Waals surface area contributed by atoms with Crippen molar-refractivity contribution in [2.75, 3.05) is 12.3 Å². The molecule has 0 aliphatic carbocycles. The molecule has 0 bridgehead atoms. The largest absolute Gasteiger partial charge is 0.492 e. The van der Waals surface area contributed by atoms with E-state index in [0.717, 1.165) is 23.6 Å². The van der Waals surface area contributed by atoms with Crippen molar-refractivity contribution in [3.05, 3.63) is 42.1 Å². The number of hydrogen-bond donors (Lipinski definition) is 1. The molecule has 0 amide bonds. The van der Waals surface area contributed by atoms with Crippen LogP contribution in [0.25, 0.3) is 11.3 Å². The highest BCUT2D eigenvalue weighted by Gasteiger charge is 2.31. The van der Waals surface area contributed by atoms with E-state index in [0.29, 0.717) is 5.69 Å². The Morgan fingerprint density at radius 2 is 2.11 bits per heavy atom. The van der Waals surface area contributed by atoms with Crippen molar-refractivity contribution in [3.8, 4) is 17.0 Å². The zero-order valence-corrected chi connectivity index (χ0v) is 10.6. The molecule has 3 heteroatoms. The first kappa shape index (κ1) is 11.1. The maximum atomic E-state index is 5.97. The van der Waals surface area contributed by atoms with Crippen molar-refractivity contribution in [1.29, 1.82) is 0 Å². The number of pyridine rings is 1. The fourth-order valence-electron chi connectivity index (χ4n) is 2.33. The van der Waals surface area contributed by atoms with Crippen molar-refractivity contribution in [2.24, 2.45) is 0 Å². The number of nitrogens with two attached hydrogens (primary N) is 1. The molecule has 18 heavy (non-hydrogen) atoms. The quantitative estimate of drug-likeness (QED) is 0.833. The van der Waals surface area contributed by atoms with Gasteiger partial charge in [-0.2, -0.15) is 0 Å². The summed E-state index contributed by atoms with van der Waals surface area (Å²) < 4.78 is 5.68. The smallest absolute Gasteiger partial charge is 0.123 e. The lowest BCUT2D eigenvalue weighted by Crippen LogP contribution is -2.18. The van der Waals surface area contributed by atoms with Crippen LogP contribution in [0.5, 0.6) is 5.75 Å². The molecule has 0 fully saturated rings. The van der Waals surface area contributed by atoms with Crippen LogP contribution in [0.15, 0.2) is 36.5 Å². The molecule has 2 aromatic rings. The molecule has 92 valence electrons. The predicted molar refractivity (Wildman–Crippen MR) is 72.6 cm³/mol. The van der Waals surface area contributed by atoms with Gasteiger partial charge in [0.2, 0.25) is 0 Å². The second kappa shape index (κ2) is 3.73. The summed E-state index contributed by atoms with van der Waals surface area (Å²) in [6, 6.07) is 9.88. The molecule has 0 saturated carbocycles. The van der Waals surface area contributed by atoms with Gasteiger partial charge in [-0.15, -0.1) is 0 Å². The molecule has 0 atom stereocenters. The topological polar surface area (TPSA) is 48.1 Å². The van der Waals surface area contributed by atoms with Crippen LogP contribution < -0.4 is 10.5 Å². The summed E-state index contributed by atoms with van der Waals surface area (Å²) in [5, 5.41) is 0. The van der Waals surface area contributed by atoms with Gasteiger partial charge in [0.15, 0.2) is 0 Å². The van der Waals surface area contributed by atoms with E-state index in [1.165, 1.54) is 5.56 Å². The van der Waals surface area contributed by atoms with Gasteiger partial charge in [-0.05, 0) is 30.3 Å². The predicted octanol–water partition coefficient (Wildman–Crippen LogP) is 3.00. The number of aromatic nitrogens is 1. The highest BCUT2D eigenvalue weighted by molar-refractivity contribution is 5.73. The van der Waals surface area contributed by atoms with Gasteiger partial charge in [-0.1, -0.05) is 13.8 Å². The molecule has 2 heterocycles. The number of nitrogens with zero attached hydrogens (tertiary/aromatic N) is 1. The van der Waals surface area contributed by atoms with Gasteiger partial charge >= 0.3 is 0 Å². The first-order chi connectivity index (χ1) is 8.58. The second-order valence-electron chi connectivity index (χ2n) is 5.32. The Bertz CT molecular complexity index is 605. The number of benzene rings is 1. The van der Waals surface area contributed by atoms with Gasteiger partial charge in [0.1, 0.15) is 5.75 Å². The maximum absolute atomic E-state index is 5.97. The summed E-state index contributed by atoms with van der Waals surface area (Å²) in [5.41, 5.74) is 9.83. The van der Waals surface area contributed by atoms with E-state index in [-0.39, 0.29) is 5.41 Å². The third-order valence-electron chi connectivity index (χ3n) is 3.41. The number of hydrogen-bond acceptors (Lipinski definition) is 3. The summed E-state index contributed by atoms with van der Waals surface area (Å²) >= 11 is 0. The molecule has 0 saturated heterocycles. The Morgan fingerprint density at radius 1 is 1.28 bits per heavy atom. The van der Waals surface area contributed by atoms with Gasteiger partial charge in [0.05, 0.1) is 18.0 Å². The third-order valence-corrected chi connectivity index (χ3v) is 3.41. The van der Waals surface area contributed by atoms with E-state index in [9.17, 15) is 0 Å². The summed E-state index contributed by atoms with van der Waals surface area (Å²) in [5.74, 6) is 0.971. The summed E-state index contributed by atoms with van der Waals surface area (Å²) in [6.07, 6.45) is 1.76. The lowest BCUT2D eigenvalue weighted by Gasteiger charge is -2.16. The fourth-order valence-corrected chi connectivity index (χ4v) is 2.33. The minimum absolute atomic E-state index is 0.0505. The molecule has 1 aliphatic heterocycles. The van der Waals surface area contributed by atoms with Gasteiger partial charge in [-0.25, -0.2) is 0 Å². The maximum Gasteiger partial charge on any atom is 0.123 e. The molecule has 1 aromatic heterocycles. The van der Waals surface area contributed by atoms with Crippen LogP contribution >= 0.6 is 0 Å². The first-order valence-electron chi connectivity index (χ1n) is 6.06. The first-order valence-corrected chi connectivity index (χ1v) is 6.06. The van der Waals surface area contributed by atoms with E-state index in [1.807, 2.05) is 24.3 Å². The fraction of sp³-hybridized carbons (Fsp3) is 0.267. The molecule has 1 aliphatic rings. The molecule has 2 N–H and O–H groups in total. The highest BCUT2D eigenvalue weighted by Crippen LogP contribution is 2.40. The molecule has 3 nitrogen and oxygen atoms in total. The minimum Gasteiger partial charge on any atom is -0.492 e. The third kappa shape index (κ3) is 1.63. The Kier molecular flexibility index (Phi) is 2.30. The Hall–Kier alpha value is -2.03. The molecular formula is C15H16N2O. The lowest BCUT2D eigenvalue weighted by molar-refractivity contribution is 0.291. The summed E-state index contributed by atoms with van der Waals surface area (Å²) in [6.45, 7) is 5.10. The van der Waals surface area contributed by atoms with Gasteiger partial charge in [0, 0.05) is 22.7 Å². The number of nitrogen functional groups attached to an aromatic ring is 1. The molecule has 0 spiro atoms. The van der Waals surface area contributed by atoms with Crippen LogP contribution in [0, 0.1) is 0 Å². The van der Waals surface area contributed by atoms with Crippen molar-refractivity contribution < 1.29 is 4.74 Å². The van der Waals surface area contributed by atoms with Crippen LogP contribution in [-0.4, -0.2) is 11.6 Å². The lowest BCUT2D eigenvalue weighted by atomic mass is 9.86. The number of fused-ring (bicyclic) bond motifs is 1. The van der Waals surface area contributed by atoms with E-state index >= 15 is 0 Å². The average Bonchev–Trinajstić information content (AvgIpc) is 2.66. The summed E-state index contributed by atoms with van der Waals surface area (Å²) in [4.78, 5) is 4.36. The van der Waals surface area contributed by atoms with Crippen molar-refractivity contribution in [1.82, 2.24) is 4.98 Å². The van der Waals surface area contributed by atoms with Gasteiger partial charge in [0.25, 0.3) is 0 Å². The van der Waals surface area contributed by atoms with E-state index < -0.39 is 0 Å². The van der Waals surface area contributed by atoms with Gasteiger partial charge in [-0.3, -0.25) is 4.98 Å². The van der Waals surface area contributed by atoms with E-state index in [4.69, 9.17) is 10.5 Å². The SMILES string of the molecule is CC1(C)COc2ccc(-c3ncccc3N)cc21. The number of anilines is 1. The molecule has 0 radical (unpaired) electrons. The van der Waals surface area contributed by atoms with Crippen LogP contribution in [0.2, 0.25) is 0 Å². The molecule has 0 unspecified atom stereocenters. The zero-order chi connectivity index (χ0) is 12.8. The van der Waals surface area contributed by atoms with Crippen molar-refractivity contribution >= 4 is 5.69 Å². The Labute approximate surface area is 107 Å². The molecular weight excluding hydrogens is 224 g/mol. The van der Waals surface area contributed by atoms with Crippen LogP contribution in [0.4, 0.5) is 5.69 Å². The normalized spacial score (nSPS) is 16.1. The van der Waals surface area contributed by atoms with Crippen LogP contribution in [0.3, 0.4) is 0 Å². The Balaban J connectivity index is 2.14. The van der Waals surface area contributed by atoms with E-state index in [1.54, 1.807) is 6.20 Å². The second-order valence-corrected chi connectivity index (χ2v) is 5.32. The minimum atomic E-state index is 0.0505. The van der Waals surface area contributed by atoms with Crippen molar-refractivity contribution in [2.45, 2.75) is 19.3 Å². The Morgan fingerprint density at radius 3 is 2.89 bits per heavy atom. The van der Waals surface area contributed by atoms with E-state index in [2.05, 4.69) is 24.9 Å². The monoisotopic (exact) mass is 240 g/mol. The van der Waals surface area contributed by atoms with Crippen molar-refractivity contribution in [3.63, 3.8) is 0 Å². The van der Waals surface area contributed by atoms with Crippen LogP contribution in [0.1, 0.15) is 19.4 Å². The zero-order valence-electron chi connectivity index (χ0n) is 10.6. The highest BCUT2D eigenvalue weighted by atomic mass is 16.5. The average molecular weight is 240 g/mol.